The summed E-state index contributed by atoms with van der Waals surface area (Å²) in [7, 11) is -3.81. The zero-order chi connectivity index (χ0) is 21.9. The van der Waals surface area contributed by atoms with Crippen LogP contribution in [0.15, 0.2) is 36.4 Å². The van der Waals surface area contributed by atoms with E-state index in [0.717, 1.165) is 22.2 Å². The minimum Gasteiger partial charge on any atom is -0.323 e. The Kier molecular flexibility index (Phi) is 6.86. The van der Waals surface area contributed by atoms with Gasteiger partial charge >= 0.3 is 0 Å². The molecule has 0 bridgehead atoms. The van der Waals surface area contributed by atoms with Crippen LogP contribution in [0.25, 0.3) is 0 Å². The maximum atomic E-state index is 13.0. The van der Waals surface area contributed by atoms with Crippen LogP contribution in [0, 0.1) is 24.0 Å². The van der Waals surface area contributed by atoms with Crippen molar-refractivity contribution in [2.24, 2.45) is 0 Å². The van der Waals surface area contributed by atoms with Gasteiger partial charge in [0.25, 0.3) is 5.69 Å². The molecule has 156 valence electrons. The van der Waals surface area contributed by atoms with Crippen LogP contribution < -0.4 is 9.62 Å². The summed E-state index contributed by atoms with van der Waals surface area (Å²) in [4.78, 5) is 23.4. The molecular formula is C19H22ClN3O5S. The number of benzene rings is 2. The highest BCUT2D eigenvalue weighted by molar-refractivity contribution is 7.92. The number of hydrogen-bond acceptors (Lipinski definition) is 5. The molecule has 2 rings (SSSR count). The van der Waals surface area contributed by atoms with E-state index in [9.17, 15) is 23.3 Å². The number of non-ortho nitro benzene ring substituents is 1. The number of sulfonamides is 1. The fraction of sp³-hybridized carbons (Fsp3) is 0.316. The molecule has 0 spiro atoms. The first-order chi connectivity index (χ1) is 13.5. The van der Waals surface area contributed by atoms with Gasteiger partial charge in [-0.3, -0.25) is 19.2 Å². The lowest BCUT2D eigenvalue weighted by molar-refractivity contribution is -0.384. The number of nitrogens with one attached hydrogen (secondary N) is 1. The quantitative estimate of drug-likeness (QED) is 0.517. The van der Waals surface area contributed by atoms with Gasteiger partial charge in [0.05, 0.1) is 27.6 Å². The van der Waals surface area contributed by atoms with Crippen molar-refractivity contribution in [3.8, 4) is 0 Å². The van der Waals surface area contributed by atoms with Gasteiger partial charge in [0.15, 0.2) is 0 Å². The van der Waals surface area contributed by atoms with Crippen molar-refractivity contribution in [2.45, 2.75) is 33.2 Å². The number of aryl methyl sites for hydroxylation is 2. The summed E-state index contributed by atoms with van der Waals surface area (Å²) in [6, 6.07) is 7.92. The lowest BCUT2D eigenvalue weighted by Crippen LogP contribution is -2.47. The molecule has 1 N–H and O–H groups in total. The molecule has 10 heteroatoms. The molecule has 0 aliphatic carbocycles. The van der Waals surface area contributed by atoms with Gasteiger partial charge in [-0.1, -0.05) is 30.7 Å². The average molecular weight is 440 g/mol. The van der Waals surface area contributed by atoms with Crippen molar-refractivity contribution in [3.63, 3.8) is 0 Å². The molecule has 0 unspecified atom stereocenters. The van der Waals surface area contributed by atoms with E-state index >= 15 is 0 Å². The largest absolute Gasteiger partial charge is 0.323 e. The van der Waals surface area contributed by atoms with E-state index in [2.05, 4.69) is 5.32 Å². The first-order valence-electron chi connectivity index (χ1n) is 8.77. The Morgan fingerprint density at radius 3 is 2.45 bits per heavy atom. The lowest BCUT2D eigenvalue weighted by Gasteiger charge is -2.31. The van der Waals surface area contributed by atoms with Crippen LogP contribution in [0.1, 0.15) is 24.5 Å². The number of rotatable bonds is 7. The Morgan fingerprint density at radius 2 is 1.90 bits per heavy atom. The van der Waals surface area contributed by atoms with Gasteiger partial charge in [0, 0.05) is 12.1 Å². The average Bonchev–Trinajstić information content (AvgIpc) is 2.62. The maximum absolute atomic E-state index is 13.0. The molecule has 0 saturated carbocycles. The molecule has 0 radical (unpaired) electrons. The van der Waals surface area contributed by atoms with Gasteiger partial charge in [-0.15, -0.1) is 0 Å². The Balaban J connectivity index is 2.48. The highest BCUT2D eigenvalue weighted by atomic mass is 35.5. The molecule has 2 aromatic carbocycles. The van der Waals surface area contributed by atoms with Crippen molar-refractivity contribution in [2.75, 3.05) is 15.9 Å². The molecule has 0 fully saturated rings. The summed E-state index contributed by atoms with van der Waals surface area (Å²) in [6.45, 7) is 5.27. The second-order valence-electron chi connectivity index (χ2n) is 6.68. The minimum absolute atomic E-state index is 0.0405. The Bertz CT molecular complexity index is 1060. The molecule has 0 aliphatic rings. The Labute approximate surface area is 174 Å². The van der Waals surface area contributed by atoms with E-state index in [1.54, 1.807) is 26.0 Å². The van der Waals surface area contributed by atoms with Gasteiger partial charge in [-0.25, -0.2) is 8.42 Å². The summed E-state index contributed by atoms with van der Waals surface area (Å²) < 4.78 is 26.3. The molecular weight excluding hydrogens is 418 g/mol. The predicted molar refractivity (Wildman–Crippen MR) is 114 cm³/mol. The van der Waals surface area contributed by atoms with Gasteiger partial charge in [0.2, 0.25) is 15.9 Å². The summed E-state index contributed by atoms with van der Waals surface area (Å²) in [5, 5.41) is 13.6. The second kappa shape index (κ2) is 8.79. The molecule has 29 heavy (non-hydrogen) atoms. The molecule has 8 nitrogen and oxygen atoms in total. The zero-order valence-electron chi connectivity index (χ0n) is 16.5. The van der Waals surface area contributed by atoms with Crippen molar-refractivity contribution in [1.29, 1.82) is 0 Å². The van der Waals surface area contributed by atoms with E-state index in [4.69, 9.17) is 11.6 Å². The second-order valence-corrected chi connectivity index (χ2v) is 8.95. The predicted octanol–water partition coefficient (Wildman–Crippen LogP) is 4.05. The topological polar surface area (TPSA) is 110 Å². The normalized spacial score (nSPS) is 12.3. The molecule has 0 aliphatic heterocycles. The van der Waals surface area contributed by atoms with Crippen molar-refractivity contribution >= 4 is 44.6 Å². The minimum atomic E-state index is -3.81. The highest BCUT2D eigenvalue weighted by Crippen LogP contribution is 2.30. The van der Waals surface area contributed by atoms with Crippen LogP contribution in [0.4, 0.5) is 17.1 Å². The van der Waals surface area contributed by atoms with E-state index in [0.29, 0.717) is 11.3 Å². The van der Waals surface area contributed by atoms with E-state index in [-0.39, 0.29) is 22.8 Å². The number of amides is 1. The lowest BCUT2D eigenvalue weighted by atomic mass is 10.1. The number of nitro benzene ring substituents is 1. The van der Waals surface area contributed by atoms with Gasteiger partial charge in [-0.05, 0) is 43.5 Å². The van der Waals surface area contributed by atoms with Crippen LogP contribution in [0.3, 0.4) is 0 Å². The van der Waals surface area contributed by atoms with Crippen LogP contribution in [-0.2, 0) is 14.8 Å². The molecule has 0 aromatic heterocycles. The number of hydrogen-bond donors (Lipinski definition) is 1. The third kappa shape index (κ3) is 5.24. The van der Waals surface area contributed by atoms with Crippen molar-refractivity contribution < 1.29 is 18.1 Å². The fourth-order valence-corrected chi connectivity index (χ4v) is 4.36. The van der Waals surface area contributed by atoms with Crippen molar-refractivity contribution in [3.05, 3.63) is 62.7 Å². The SMILES string of the molecule is CC[C@H](C(=O)Nc1cc([N+](=O)[O-])ccc1Cl)N(c1cc(C)ccc1C)S(C)(=O)=O. The summed E-state index contributed by atoms with van der Waals surface area (Å²) in [5.74, 6) is -0.638. The smallest absolute Gasteiger partial charge is 0.271 e. The standard InChI is InChI=1S/C19H22ClN3O5S/c1-5-17(19(24)21-16-11-14(23(25)26)8-9-15(16)20)22(29(4,27)28)18-10-12(2)6-7-13(18)3/h6-11,17H,5H2,1-4H3,(H,21,24)/t17-/m1/s1. The van der Waals surface area contributed by atoms with Crippen LogP contribution in [-0.4, -0.2) is 31.5 Å². The first-order valence-corrected chi connectivity index (χ1v) is 11.0. The van der Waals surface area contributed by atoms with E-state index in [1.807, 2.05) is 13.0 Å². The molecule has 2 aromatic rings. The summed E-state index contributed by atoms with van der Waals surface area (Å²) >= 11 is 6.06. The number of carbonyl (C=O) groups is 1. The summed E-state index contributed by atoms with van der Waals surface area (Å²) in [5.41, 5.74) is 1.74. The number of carbonyl (C=O) groups excluding carboxylic acids is 1. The Morgan fingerprint density at radius 1 is 1.24 bits per heavy atom. The van der Waals surface area contributed by atoms with Crippen molar-refractivity contribution in [1.82, 2.24) is 0 Å². The van der Waals surface area contributed by atoms with Crippen LogP contribution >= 0.6 is 11.6 Å². The van der Waals surface area contributed by atoms with E-state index in [1.165, 1.54) is 12.1 Å². The van der Waals surface area contributed by atoms with Crippen LogP contribution in [0.5, 0.6) is 0 Å². The maximum Gasteiger partial charge on any atom is 0.271 e. The van der Waals surface area contributed by atoms with Gasteiger partial charge in [-0.2, -0.15) is 0 Å². The number of nitrogens with zero attached hydrogens (tertiary/aromatic N) is 2. The van der Waals surface area contributed by atoms with Crippen LogP contribution in [0.2, 0.25) is 5.02 Å². The number of nitro groups is 1. The summed E-state index contributed by atoms with van der Waals surface area (Å²) in [6.07, 6.45) is 1.21. The Hall–Kier alpha value is -2.65. The third-order valence-electron chi connectivity index (χ3n) is 4.35. The molecule has 1 amide bonds. The fourth-order valence-electron chi connectivity index (χ4n) is 2.93. The zero-order valence-corrected chi connectivity index (χ0v) is 18.0. The molecule has 0 saturated heterocycles. The van der Waals surface area contributed by atoms with Gasteiger partial charge < -0.3 is 5.32 Å². The first kappa shape index (κ1) is 22.6. The number of anilines is 2. The number of halogens is 1. The third-order valence-corrected chi connectivity index (χ3v) is 5.85. The monoisotopic (exact) mass is 439 g/mol. The van der Waals surface area contributed by atoms with E-state index < -0.39 is 26.9 Å². The van der Waals surface area contributed by atoms with Gasteiger partial charge in [0.1, 0.15) is 6.04 Å². The highest BCUT2D eigenvalue weighted by Gasteiger charge is 2.33. The molecule has 1 atom stereocenters. The molecule has 0 heterocycles.